The maximum absolute atomic E-state index is 14.8. The lowest BCUT2D eigenvalue weighted by molar-refractivity contribution is -0.119. The number of benzene rings is 4. The van der Waals surface area contributed by atoms with E-state index in [1.165, 1.54) is 42.5 Å². The number of hydrogen-bond acceptors (Lipinski definition) is 5. The minimum absolute atomic E-state index is 0.0984. The Kier molecular flexibility index (Phi) is 10.5. The molecule has 4 aromatic carbocycles. The van der Waals surface area contributed by atoms with Crippen LogP contribution in [0.5, 0.6) is 5.75 Å². The van der Waals surface area contributed by atoms with E-state index in [2.05, 4.69) is 0 Å². The molecule has 0 aromatic heterocycles. The molecule has 1 amide bonds. The summed E-state index contributed by atoms with van der Waals surface area (Å²) in [5.74, 6) is -16.4. The lowest BCUT2D eigenvalue weighted by Crippen LogP contribution is -2.43. The van der Waals surface area contributed by atoms with Gasteiger partial charge in [-0.05, 0) is 53.6 Å². The molecule has 242 valence electrons. The molecule has 0 fully saturated rings. The predicted octanol–water partition coefficient (Wildman–Crippen LogP) is 7.17. The largest absolute Gasteiger partial charge is 0.507 e. The molecule has 0 heterocycles. The van der Waals surface area contributed by atoms with Gasteiger partial charge in [0.2, 0.25) is 21.7 Å². The molecule has 4 rings (SSSR count). The molecule has 0 radical (unpaired) electrons. The van der Waals surface area contributed by atoms with Gasteiger partial charge in [0.25, 0.3) is 0 Å². The third-order valence-corrected chi connectivity index (χ3v) is 8.94. The van der Waals surface area contributed by atoms with E-state index in [1.54, 1.807) is 0 Å². The van der Waals surface area contributed by atoms with Crippen molar-refractivity contribution < 1.29 is 50.2 Å². The number of carboxylic acid groups (broad SMARTS) is 1. The van der Waals surface area contributed by atoms with Crippen LogP contribution < -0.4 is 4.90 Å². The number of anilines is 1. The van der Waals surface area contributed by atoms with E-state index in [-0.39, 0.29) is 36.2 Å². The number of halogens is 8. The summed E-state index contributed by atoms with van der Waals surface area (Å²) in [5, 5.41) is 20.1. The molecule has 4 aromatic rings. The van der Waals surface area contributed by atoms with Gasteiger partial charge >= 0.3 is 5.97 Å². The lowest BCUT2D eigenvalue weighted by atomic mass is 10.1. The number of rotatable bonds is 10. The molecule has 46 heavy (non-hydrogen) atoms. The summed E-state index contributed by atoms with van der Waals surface area (Å²) in [4.78, 5) is 24.0. The van der Waals surface area contributed by atoms with Gasteiger partial charge in [-0.2, -0.15) is 4.31 Å². The number of carbonyl (C=O) groups excluding carboxylic acids is 1. The third kappa shape index (κ3) is 7.37. The van der Waals surface area contributed by atoms with Crippen LogP contribution in [0.4, 0.5) is 27.6 Å². The van der Waals surface area contributed by atoms with E-state index in [4.69, 9.17) is 34.8 Å². The zero-order valence-electron chi connectivity index (χ0n) is 22.7. The van der Waals surface area contributed by atoms with Gasteiger partial charge in [-0.25, -0.2) is 35.2 Å². The van der Waals surface area contributed by atoms with Crippen molar-refractivity contribution in [2.75, 3.05) is 11.4 Å². The number of nitrogens with zero attached hydrogens (tertiary/aromatic N) is 2. The molecule has 0 atom stereocenters. The number of amides is 1. The lowest BCUT2D eigenvalue weighted by Gasteiger charge is -2.28. The fourth-order valence-corrected chi connectivity index (χ4v) is 6.46. The highest BCUT2D eigenvalue weighted by molar-refractivity contribution is 7.89. The summed E-state index contributed by atoms with van der Waals surface area (Å²) in [6.07, 6.45) is 0. The van der Waals surface area contributed by atoms with Crippen LogP contribution in [0, 0.1) is 29.1 Å². The molecule has 0 unspecified atom stereocenters. The van der Waals surface area contributed by atoms with Crippen molar-refractivity contribution in [3.63, 3.8) is 0 Å². The Morgan fingerprint density at radius 3 is 1.76 bits per heavy atom. The summed E-state index contributed by atoms with van der Waals surface area (Å²) in [7, 11) is -5.67. The predicted molar refractivity (Wildman–Crippen MR) is 158 cm³/mol. The molecule has 17 heteroatoms. The van der Waals surface area contributed by atoms with Crippen LogP contribution in [0.25, 0.3) is 0 Å². The monoisotopic (exact) mass is 722 g/mol. The van der Waals surface area contributed by atoms with Crippen molar-refractivity contribution in [2.45, 2.75) is 18.0 Å². The van der Waals surface area contributed by atoms with Gasteiger partial charge in [-0.15, -0.1) is 0 Å². The first-order valence-electron chi connectivity index (χ1n) is 12.6. The molecule has 8 nitrogen and oxygen atoms in total. The summed E-state index contributed by atoms with van der Waals surface area (Å²) in [6.45, 7) is -2.51. The highest BCUT2D eigenvalue weighted by atomic mass is 35.5. The second-order valence-electron chi connectivity index (χ2n) is 9.56. The topological polar surface area (TPSA) is 115 Å². The first-order valence-corrected chi connectivity index (χ1v) is 15.2. The molecule has 0 saturated heterocycles. The normalized spacial score (nSPS) is 11.6. The van der Waals surface area contributed by atoms with E-state index in [1.807, 2.05) is 0 Å². The van der Waals surface area contributed by atoms with E-state index < -0.39 is 86.8 Å². The van der Waals surface area contributed by atoms with E-state index in [9.17, 15) is 50.2 Å². The molecule has 2 N–H and O–H groups in total. The second kappa shape index (κ2) is 13.8. The van der Waals surface area contributed by atoms with Crippen LogP contribution in [0.3, 0.4) is 0 Å². The molecular weight excluding hydrogens is 706 g/mol. The van der Waals surface area contributed by atoms with Crippen molar-refractivity contribution in [3.05, 3.63) is 122 Å². The SMILES string of the molecule is O=C(O)c1ccc(N(Cc2cc(Cl)cc(Cl)c2)C(=O)CN(Cc2ccc(Cl)cc2)S(=O)(=O)c2c(F)c(F)c(F)c(F)c2F)cc1O. The van der Waals surface area contributed by atoms with Crippen LogP contribution in [0.2, 0.25) is 15.1 Å². The van der Waals surface area contributed by atoms with Crippen molar-refractivity contribution in [1.82, 2.24) is 4.31 Å². The van der Waals surface area contributed by atoms with Gasteiger partial charge in [-0.1, -0.05) is 46.9 Å². The van der Waals surface area contributed by atoms with Crippen molar-refractivity contribution >= 4 is 62.4 Å². The van der Waals surface area contributed by atoms with Crippen molar-refractivity contribution in [1.29, 1.82) is 0 Å². The fraction of sp³-hybridized carbons (Fsp3) is 0.103. The Morgan fingerprint density at radius 2 is 1.24 bits per heavy atom. The Hall–Kier alpha value is -3.95. The molecule has 0 aliphatic rings. The summed E-state index contributed by atoms with van der Waals surface area (Å²) < 4.78 is 99.0. The minimum atomic E-state index is -5.67. The Balaban J connectivity index is 1.85. The molecule has 0 saturated carbocycles. The Morgan fingerprint density at radius 1 is 0.696 bits per heavy atom. The van der Waals surface area contributed by atoms with Crippen LogP contribution in [-0.2, 0) is 27.9 Å². The third-order valence-electron chi connectivity index (χ3n) is 6.44. The zero-order valence-corrected chi connectivity index (χ0v) is 25.8. The van der Waals surface area contributed by atoms with Crippen LogP contribution in [0.1, 0.15) is 21.5 Å². The Labute approximate surface area is 272 Å². The summed E-state index contributed by atoms with van der Waals surface area (Å²) in [6, 6.07) is 12.3. The highest BCUT2D eigenvalue weighted by Crippen LogP contribution is 2.32. The first kappa shape index (κ1) is 34.9. The van der Waals surface area contributed by atoms with Gasteiger partial charge in [0.05, 0.1) is 13.1 Å². The fourth-order valence-electron chi connectivity index (χ4n) is 4.27. The molecule has 0 aliphatic heterocycles. The summed E-state index contributed by atoms with van der Waals surface area (Å²) in [5.41, 5.74) is -0.357. The molecular formula is C29H18Cl3F5N2O6S. The number of phenols is 1. The molecule has 0 spiro atoms. The van der Waals surface area contributed by atoms with Crippen molar-refractivity contribution in [3.8, 4) is 5.75 Å². The number of aromatic carboxylic acids is 1. The maximum atomic E-state index is 14.8. The van der Waals surface area contributed by atoms with Gasteiger partial charge in [-0.3, -0.25) is 4.79 Å². The van der Waals surface area contributed by atoms with Crippen LogP contribution in [-0.4, -0.2) is 41.4 Å². The quantitative estimate of drug-likeness (QED) is 0.102. The molecule has 0 aliphatic carbocycles. The average molecular weight is 724 g/mol. The maximum Gasteiger partial charge on any atom is 0.339 e. The van der Waals surface area contributed by atoms with Gasteiger partial charge in [0.1, 0.15) is 11.3 Å². The number of aromatic hydroxyl groups is 1. The zero-order chi connectivity index (χ0) is 34.1. The van der Waals surface area contributed by atoms with Crippen LogP contribution >= 0.6 is 34.8 Å². The Bertz CT molecular complexity index is 1920. The summed E-state index contributed by atoms with van der Waals surface area (Å²) >= 11 is 18.0. The number of carbonyl (C=O) groups is 2. The van der Waals surface area contributed by atoms with Gasteiger partial charge < -0.3 is 15.1 Å². The van der Waals surface area contributed by atoms with Gasteiger partial charge in [0.15, 0.2) is 28.2 Å². The van der Waals surface area contributed by atoms with E-state index in [0.29, 0.717) is 0 Å². The number of sulfonamides is 1. The first-order chi connectivity index (χ1) is 21.5. The number of hydrogen-bond donors (Lipinski definition) is 2. The standard InChI is InChI=1S/C29H18Cl3F5N2O6S/c30-16-3-1-14(2-4-16)11-38(46(44,45)28-26(36)24(34)23(33)25(35)27(28)37)13-22(41)39(12-15-7-17(31)9-18(32)8-15)19-5-6-20(29(42)43)21(40)10-19/h1-10,40H,11-13H2,(H,42,43). The van der Waals surface area contributed by atoms with Gasteiger partial charge in [0, 0.05) is 33.4 Å². The second-order valence-corrected chi connectivity index (χ2v) is 12.7. The average Bonchev–Trinajstić information content (AvgIpc) is 2.97. The van der Waals surface area contributed by atoms with Crippen LogP contribution in [0.15, 0.2) is 65.6 Å². The van der Waals surface area contributed by atoms with E-state index in [0.717, 1.165) is 23.1 Å². The molecule has 0 bridgehead atoms. The minimum Gasteiger partial charge on any atom is -0.507 e. The highest BCUT2D eigenvalue weighted by Gasteiger charge is 2.38. The number of carboxylic acids is 1. The van der Waals surface area contributed by atoms with E-state index >= 15 is 0 Å². The van der Waals surface area contributed by atoms with Crippen molar-refractivity contribution in [2.24, 2.45) is 0 Å². The smallest absolute Gasteiger partial charge is 0.339 e.